The highest BCUT2D eigenvalue weighted by molar-refractivity contribution is 5.71. The molecule has 1 atom stereocenters. The molecule has 6 heteroatoms. The molecule has 0 spiro atoms. The van der Waals surface area contributed by atoms with E-state index in [1.807, 2.05) is 0 Å². The van der Waals surface area contributed by atoms with Crippen LogP contribution in [0.25, 0.3) is 0 Å². The molecule has 0 N–H and O–H groups in total. The second-order valence-corrected chi connectivity index (χ2v) is 20.6. The van der Waals surface area contributed by atoms with Crippen LogP contribution in [0.15, 0.2) is 0 Å². The van der Waals surface area contributed by atoms with Crippen molar-refractivity contribution in [2.75, 3.05) is 13.2 Å². The largest absolute Gasteiger partial charge is 0.462 e. The first kappa shape index (κ1) is 64.4. The van der Waals surface area contributed by atoms with Gasteiger partial charge in [0, 0.05) is 19.3 Å². The summed E-state index contributed by atoms with van der Waals surface area (Å²) in [6.45, 7) is 6.71. The van der Waals surface area contributed by atoms with Gasteiger partial charge in [-0.1, -0.05) is 310 Å². The number of hydrogen-bond donors (Lipinski definition) is 0. The molecule has 0 radical (unpaired) electrons. The summed E-state index contributed by atoms with van der Waals surface area (Å²) in [5, 5.41) is 0. The molecule has 0 fully saturated rings. The highest BCUT2D eigenvalue weighted by Gasteiger charge is 2.19. The van der Waals surface area contributed by atoms with Crippen molar-refractivity contribution in [3.63, 3.8) is 0 Å². The molecule has 0 amide bonds. The van der Waals surface area contributed by atoms with Crippen molar-refractivity contribution in [3.8, 4) is 0 Å². The van der Waals surface area contributed by atoms with Gasteiger partial charge in [0.25, 0.3) is 0 Å². The lowest BCUT2D eigenvalue weighted by Crippen LogP contribution is -2.30. The van der Waals surface area contributed by atoms with E-state index in [0.29, 0.717) is 19.3 Å². The first-order valence-electron chi connectivity index (χ1n) is 30.0. The summed E-state index contributed by atoms with van der Waals surface area (Å²) in [5.74, 6) is -0.831. The summed E-state index contributed by atoms with van der Waals surface area (Å²) in [5.41, 5.74) is 0. The van der Waals surface area contributed by atoms with Crippen LogP contribution in [-0.4, -0.2) is 37.2 Å². The molecule has 0 aromatic rings. The van der Waals surface area contributed by atoms with E-state index in [-0.39, 0.29) is 31.1 Å². The monoisotopic (exact) mass is 933 g/mol. The van der Waals surface area contributed by atoms with E-state index >= 15 is 0 Å². The lowest BCUT2D eigenvalue weighted by molar-refractivity contribution is -0.167. The summed E-state index contributed by atoms with van der Waals surface area (Å²) in [6.07, 6.45) is 62.4. The molecule has 392 valence electrons. The van der Waals surface area contributed by atoms with Crippen LogP contribution >= 0.6 is 0 Å². The third-order valence-corrected chi connectivity index (χ3v) is 13.9. The van der Waals surface area contributed by atoms with Gasteiger partial charge >= 0.3 is 17.9 Å². The smallest absolute Gasteiger partial charge is 0.306 e. The molecule has 0 heterocycles. The SMILES string of the molecule is CCCCCCCCCCCCCCCCCCCCCCCC(=O)OC[C@H](COC(=O)CCCCCCCCCCCCCC)OC(=O)CCCCCCCCCCCCCCCCC. The lowest BCUT2D eigenvalue weighted by Gasteiger charge is -2.18. The van der Waals surface area contributed by atoms with Crippen LogP contribution in [-0.2, 0) is 28.6 Å². The number of carbonyl (C=O) groups excluding carboxylic acids is 3. The standard InChI is InChI=1S/C60H116O6/c1-4-7-10-13-16-19-22-25-27-28-29-30-31-32-34-35-38-41-44-47-50-53-59(62)65-56-57(55-64-58(61)52-49-46-43-40-37-24-21-18-15-12-9-6-3)66-60(63)54-51-48-45-42-39-36-33-26-23-20-17-14-11-8-5-2/h57H,4-56H2,1-3H3/t57-/m0/s1. The van der Waals surface area contributed by atoms with Gasteiger partial charge in [-0.3, -0.25) is 14.4 Å². The van der Waals surface area contributed by atoms with E-state index in [4.69, 9.17) is 14.2 Å². The quantitative estimate of drug-likeness (QED) is 0.0343. The number of hydrogen-bond acceptors (Lipinski definition) is 6. The summed E-state index contributed by atoms with van der Waals surface area (Å²) < 4.78 is 16.9. The molecule has 6 nitrogen and oxygen atoms in total. The van der Waals surface area contributed by atoms with Crippen molar-refractivity contribution in [1.82, 2.24) is 0 Å². The Kier molecular flexibility index (Phi) is 54.7. The first-order chi connectivity index (χ1) is 32.5. The Morgan fingerprint density at radius 2 is 0.409 bits per heavy atom. The zero-order valence-electron chi connectivity index (χ0n) is 45.0. The molecule has 0 bridgehead atoms. The molecule has 0 rings (SSSR count). The van der Waals surface area contributed by atoms with E-state index in [2.05, 4.69) is 20.8 Å². The Bertz CT molecular complexity index is 982. The Morgan fingerprint density at radius 3 is 0.606 bits per heavy atom. The third kappa shape index (κ3) is 53.4. The van der Waals surface area contributed by atoms with Gasteiger partial charge in [0.1, 0.15) is 13.2 Å². The molecule has 0 aromatic carbocycles. The van der Waals surface area contributed by atoms with Gasteiger partial charge in [-0.15, -0.1) is 0 Å². The molecule has 0 saturated heterocycles. The Labute approximate surface area is 412 Å². The summed E-state index contributed by atoms with van der Waals surface area (Å²) in [4.78, 5) is 38.1. The molecule has 0 aliphatic rings. The minimum atomic E-state index is -0.761. The number of ether oxygens (including phenoxy) is 3. The topological polar surface area (TPSA) is 78.9 Å². The van der Waals surface area contributed by atoms with Crippen LogP contribution in [0.2, 0.25) is 0 Å². The normalized spacial score (nSPS) is 11.9. The second-order valence-electron chi connectivity index (χ2n) is 20.6. The molecule has 66 heavy (non-hydrogen) atoms. The van der Waals surface area contributed by atoms with Crippen LogP contribution in [0.3, 0.4) is 0 Å². The maximum absolute atomic E-state index is 12.8. The van der Waals surface area contributed by atoms with Crippen molar-refractivity contribution < 1.29 is 28.6 Å². The predicted octanol–water partition coefficient (Wildman–Crippen LogP) is 19.9. The highest BCUT2D eigenvalue weighted by Crippen LogP contribution is 2.18. The van der Waals surface area contributed by atoms with Crippen molar-refractivity contribution >= 4 is 17.9 Å². The Morgan fingerprint density at radius 1 is 0.242 bits per heavy atom. The first-order valence-corrected chi connectivity index (χ1v) is 30.0. The van der Waals surface area contributed by atoms with E-state index < -0.39 is 6.10 Å². The maximum Gasteiger partial charge on any atom is 0.306 e. The van der Waals surface area contributed by atoms with E-state index in [0.717, 1.165) is 57.8 Å². The molecule has 0 aliphatic heterocycles. The second kappa shape index (κ2) is 56.0. The lowest BCUT2D eigenvalue weighted by atomic mass is 10.0. The molecule has 0 unspecified atom stereocenters. The maximum atomic E-state index is 12.8. The van der Waals surface area contributed by atoms with E-state index in [1.54, 1.807) is 0 Å². The van der Waals surface area contributed by atoms with E-state index in [9.17, 15) is 14.4 Å². The molecule has 0 aromatic heterocycles. The predicted molar refractivity (Wildman–Crippen MR) is 284 cm³/mol. The minimum Gasteiger partial charge on any atom is -0.462 e. The fourth-order valence-corrected chi connectivity index (χ4v) is 9.33. The minimum absolute atomic E-state index is 0.0609. The van der Waals surface area contributed by atoms with Crippen LogP contribution in [0.1, 0.15) is 348 Å². The van der Waals surface area contributed by atoms with Gasteiger partial charge < -0.3 is 14.2 Å². The van der Waals surface area contributed by atoms with Crippen LogP contribution < -0.4 is 0 Å². The van der Waals surface area contributed by atoms with Gasteiger partial charge in [0.2, 0.25) is 0 Å². The van der Waals surface area contributed by atoms with E-state index in [1.165, 1.54) is 250 Å². The van der Waals surface area contributed by atoms with Gasteiger partial charge in [0.05, 0.1) is 0 Å². The van der Waals surface area contributed by atoms with Crippen molar-refractivity contribution in [3.05, 3.63) is 0 Å². The van der Waals surface area contributed by atoms with Crippen molar-refractivity contribution in [1.29, 1.82) is 0 Å². The third-order valence-electron chi connectivity index (χ3n) is 13.9. The zero-order chi connectivity index (χ0) is 47.9. The fourth-order valence-electron chi connectivity index (χ4n) is 9.33. The van der Waals surface area contributed by atoms with Crippen LogP contribution in [0, 0.1) is 0 Å². The van der Waals surface area contributed by atoms with Crippen LogP contribution in [0.5, 0.6) is 0 Å². The number of unbranched alkanes of at least 4 members (excludes halogenated alkanes) is 45. The molecule has 0 aliphatic carbocycles. The van der Waals surface area contributed by atoms with Gasteiger partial charge in [-0.25, -0.2) is 0 Å². The summed E-state index contributed by atoms with van der Waals surface area (Å²) in [6, 6.07) is 0. The zero-order valence-corrected chi connectivity index (χ0v) is 45.0. The summed E-state index contributed by atoms with van der Waals surface area (Å²) >= 11 is 0. The highest BCUT2D eigenvalue weighted by atomic mass is 16.6. The molecule has 0 saturated carbocycles. The Hall–Kier alpha value is -1.59. The van der Waals surface area contributed by atoms with Crippen LogP contribution in [0.4, 0.5) is 0 Å². The van der Waals surface area contributed by atoms with Crippen molar-refractivity contribution in [2.24, 2.45) is 0 Å². The van der Waals surface area contributed by atoms with Gasteiger partial charge in [-0.2, -0.15) is 0 Å². The van der Waals surface area contributed by atoms with Crippen molar-refractivity contribution in [2.45, 2.75) is 354 Å². The van der Waals surface area contributed by atoms with Gasteiger partial charge in [0.15, 0.2) is 6.10 Å². The molecular weight excluding hydrogens is 817 g/mol. The number of carbonyl (C=O) groups is 3. The number of rotatable bonds is 56. The fraction of sp³-hybridized carbons (Fsp3) is 0.950. The Balaban J connectivity index is 4.22. The van der Waals surface area contributed by atoms with Gasteiger partial charge in [-0.05, 0) is 19.3 Å². The average Bonchev–Trinajstić information content (AvgIpc) is 3.31. The molecular formula is C60H116O6. The number of esters is 3. The average molecular weight is 934 g/mol. The summed E-state index contributed by atoms with van der Waals surface area (Å²) in [7, 11) is 0.